The number of nitrogens with zero attached hydrogens (tertiary/aromatic N) is 3. The average Bonchev–Trinajstić information content (AvgIpc) is 3.30. The minimum atomic E-state index is -1.51. The van der Waals surface area contributed by atoms with Crippen LogP contribution in [0.5, 0.6) is 5.75 Å². The van der Waals surface area contributed by atoms with Gasteiger partial charge in [0.2, 0.25) is 0 Å². The van der Waals surface area contributed by atoms with E-state index in [0.29, 0.717) is 39.8 Å². The minimum absolute atomic E-state index is 0.0592. The summed E-state index contributed by atoms with van der Waals surface area (Å²) in [6.45, 7) is 3.14. The molecule has 180 valence electrons. The average molecular weight is 497 g/mol. The van der Waals surface area contributed by atoms with Crippen LogP contribution in [0, 0.1) is 12.7 Å². The number of rotatable bonds is 7. The molecular weight excluding hydrogens is 475 g/mol. The SMILES string of the molecule is COc1ccc(C(C)(O)CNC(=O)c2ccc(-c3nc(C)no3)cc2)nc1-c1ccc(F)c(Cl)c1. The summed E-state index contributed by atoms with van der Waals surface area (Å²) in [5.74, 6) is 0.369. The van der Waals surface area contributed by atoms with E-state index in [-0.39, 0.29) is 23.2 Å². The highest BCUT2D eigenvalue weighted by Gasteiger charge is 2.27. The highest BCUT2D eigenvalue weighted by molar-refractivity contribution is 6.31. The first-order valence-corrected chi connectivity index (χ1v) is 11.0. The van der Waals surface area contributed by atoms with Gasteiger partial charge >= 0.3 is 0 Å². The van der Waals surface area contributed by atoms with Crippen LogP contribution >= 0.6 is 11.6 Å². The monoisotopic (exact) mass is 496 g/mol. The predicted molar refractivity (Wildman–Crippen MR) is 128 cm³/mol. The molecule has 4 rings (SSSR count). The van der Waals surface area contributed by atoms with Gasteiger partial charge in [-0.05, 0) is 68.4 Å². The number of carbonyl (C=O) groups excluding carboxylic acids is 1. The lowest BCUT2D eigenvalue weighted by Crippen LogP contribution is -2.39. The molecule has 0 saturated heterocycles. The maximum Gasteiger partial charge on any atom is 0.257 e. The summed E-state index contributed by atoms with van der Waals surface area (Å²) < 4.78 is 24.1. The fraction of sp³-hybridized carbons (Fsp3) is 0.200. The Morgan fingerprint density at radius 2 is 1.86 bits per heavy atom. The number of benzene rings is 2. The number of hydrogen-bond acceptors (Lipinski definition) is 7. The largest absolute Gasteiger partial charge is 0.494 e. The molecule has 0 aliphatic heterocycles. The lowest BCUT2D eigenvalue weighted by atomic mass is 9.99. The molecule has 0 spiro atoms. The number of pyridine rings is 1. The Kier molecular flexibility index (Phi) is 6.81. The van der Waals surface area contributed by atoms with Gasteiger partial charge < -0.3 is 19.7 Å². The second-order valence-corrected chi connectivity index (χ2v) is 8.46. The molecule has 0 saturated carbocycles. The van der Waals surface area contributed by atoms with Crippen LogP contribution in [-0.2, 0) is 5.60 Å². The Morgan fingerprint density at radius 3 is 2.49 bits per heavy atom. The molecule has 2 aromatic heterocycles. The summed E-state index contributed by atoms with van der Waals surface area (Å²) in [5.41, 5.74) is 0.755. The number of aromatic nitrogens is 3. The minimum Gasteiger partial charge on any atom is -0.494 e. The zero-order valence-corrected chi connectivity index (χ0v) is 19.9. The van der Waals surface area contributed by atoms with Crippen LogP contribution in [0.3, 0.4) is 0 Å². The third-order valence-corrected chi connectivity index (χ3v) is 5.63. The number of nitrogens with one attached hydrogen (secondary N) is 1. The lowest BCUT2D eigenvalue weighted by Gasteiger charge is -2.24. The summed E-state index contributed by atoms with van der Waals surface area (Å²) in [5, 5.41) is 17.5. The number of methoxy groups -OCH3 is 1. The Balaban J connectivity index is 1.50. The number of hydrogen-bond donors (Lipinski definition) is 2. The van der Waals surface area contributed by atoms with Crippen LogP contribution < -0.4 is 10.1 Å². The first-order valence-electron chi connectivity index (χ1n) is 10.6. The van der Waals surface area contributed by atoms with Gasteiger partial charge in [0.1, 0.15) is 22.9 Å². The normalized spacial score (nSPS) is 12.7. The summed E-state index contributed by atoms with van der Waals surface area (Å²) in [4.78, 5) is 21.3. The standard InChI is InChI=1S/C25H22ClFN4O4/c1-14-29-24(35-31-14)16-6-4-15(5-7-16)23(32)28-13-25(2,33)21-11-10-20(34-3)22(30-21)17-8-9-19(27)18(26)12-17/h4-12,33H,13H2,1-3H3,(H,28,32). The third-order valence-electron chi connectivity index (χ3n) is 5.34. The topological polar surface area (TPSA) is 110 Å². The van der Waals surface area contributed by atoms with Gasteiger partial charge in [-0.3, -0.25) is 4.79 Å². The van der Waals surface area contributed by atoms with Crippen molar-refractivity contribution < 1.29 is 23.6 Å². The van der Waals surface area contributed by atoms with Crippen molar-refractivity contribution in [1.29, 1.82) is 0 Å². The van der Waals surface area contributed by atoms with Crippen molar-refractivity contribution in [3.63, 3.8) is 0 Å². The van der Waals surface area contributed by atoms with Crippen LogP contribution in [0.2, 0.25) is 5.02 Å². The van der Waals surface area contributed by atoms with Crippen LogP contribution in [0.25, 0.3) is 22.7 Å². The lowest BCUT2D eigenvalue weighted by molar-refractivity contribution is 0.0489. The van der Waals surface area contributed by atoms with E-state index in [1.54, 1.807) is 43.3 Å². The second kappa shape index (κ2) is 9.81. The van der Waals surface area contributed by atoms with Crippen LogP contribution in [-0.4, -0.2) is 39.8 Å². The molecule has 1 unspecified atom stereocenters. The third kappa shape index (κ3) is 5.31. The highest BCUT2D eigenvalue weighted by atomic mass is 35.5. The molecule has 1 amide bonds. The van der Waals surface area contributed by atoms with E-state index in [1.165, 1.54) is 32.2 Å². The van der Waals surface area contributed by atoms with E-state index in [0.717, 1.165) is 0 Å². The Labute approximate surface area is 205 Å². The molecule has 0 aliphatic rings. The van der Waals surface area contributed by atoms with Gasteiger partial charge in [-0.25, -0.2) is 9.37 Å². The van der Waals surface area contributed by atoms with Crippen LogP contribution in [0.4, 0.5) is 4.39 Å². The van der Waals surface area contributed by atoms with Crippen LogP contribution in [0.1, 0.15) is 28.8 Å². The van der Waals surface area contributed by atoms with E-state index in [2.05, 4.69) is 20.4 Å². The maximum atomic E-state index is 13.6. The van der Waals surface area contributed by atoms with Gasteiger partial charge in [0.25, 0.3) is 11.8 Å². The number of carbonyl (C=O) groups is 1. The van der Waals surface area contributed by atoms with Crippen molar-refractivity contribution in [2.75, 3.05) is 13.7 Å². The highest BCUT2D eigenvalue weighted by Crippen LogP contribution is 2.33. The number of halogens is 2. The van der Waals surface area contributed by atoms with Crippen molar-refractivity contribution in [3.8, 4) is 28.5 Å². The molecule has 4 aromatic rings. The molecule has 0 radical (unpaired) electrons. The summed E-state index contributed by atoms with van der Waals surface area (Å²) >= 11 is 5.93. The summed E-state index contributed by atoms with van der Waals surface area (Å²) in [7, 11) is 1.48. The molecule has 2 heterocycles. The van der Waals surface area contributed by atoms with Crippen LogP contribution in [0.15, 0.2) is 59.1 Å². The molecule has 10 heteroatoms. The predicted octanol–water partition coefficient (Wildman–Crippen LogP) is 4.55. The molecule has 2 N–H and O–H groups in total. The van der Waals surface area contributed by atoms with Gasteiger partial charge in [-0.2, -0.15) is 4.98 Å². The summed E-state index contributed by atoms with van der Waals surface area (Å²) in [6.07, 6.45) is 0. The Morgan fingerprint density at radius 1 is 1.14 bits per heavy atom. The van der Waals surface area contributed by atoms with Gasteiger partial charge in [0, 0.05) is 16.7 Å². The van der Waals surface area contributed by atoms with Gasteiger partial charge in [-0.15, -0.1) is 0 Å². The van der Waals surface area contributed by atoms with Crippen molar-refractivity contribution in [1.82, 2.24) is 20.4 Å². The van der Waals surface area contributed by atoms with Gasteiger partial charge in [-0.1, -0.05) is 16.8 Å². The fourth-order valence-corrected chi connectivity index (χ4v) is 3.57. The smallest absolute Gasteiger partial charge is 0.257 e. The summed E-state index contributed by atoms with van der Waals surface area (Å²) in [6, 6.07) is 14.1. The Bertz CT molecular complexity index is 1370. The molecule has 2 aromatic carbocycles. The fourth-order valence-electron chi connectivity index (χ4n) is 3.38. The first-order chi connectivity index (χ1) is 16.7. The maximum absolute atomic E-state index is 13.6. The number of amides is 1. The Hall–Kier alpha value is -3.82. The zero-order valence-electron chi connectivity index (χ0n) is 19.2. The molecule has 0 aliphatic carbocycles. The molecular formula is C25H22ClFN4O4. The van der Waals surface area contributed by atoms with E-state index < -0.39 is 11.4 Å². The molecule has 1 atom stereocenters. The quantitative estimate of drug-likeness (QED) is 0.386. The molecule has 8 nitrogen and oxygen atoms in total. The molecule has 35 heavy (non-hydrogen) atoms. The first kappa shape index (κ1) is 24.3. The zero-order chi connectivity index (χ0) is 25.2. The van der Waals surface area contributed by atoms with Gasteiger partial charge in [0.05, 0.1) is 24.4 Å². The molecule has 0 fully saturated rings. The van der Waals surface area contributed by atoms with Crippen molar-refractivity contribution in [2.24, 2.45) is 0 Å². The van der Waals surface area contributed by atoms with E-state index in [1.807, 2.05) is 0 Å². The van der Waals surface area contributed by atoms with Gasteiger partial charge in [0.15, 0.2) is 5.82 Å². The number of ether oxygens (including phenoxy) is 1. The van der Waals surface area contributed by atoms with E-state index in [9.17, 15) is 14.3 Å². The van der Waals surface area contributed by atoms with Crippen molar-refractivity contribution in [2.45, 2.75) is 19.4 Å². The van der Waals surface area contributed by atoms with E-state index in [4.69, 9.17) is 20.9 Å². The number of aryl methyl sites for hydroxylation is 1. The van der Waals surface area contributed by atoms with E-state index >= 15 is 0 Å². The molecule has 0 bridgehead atoms. The number of aliphatic hydroxyl groups is 1. The second-order valence-electron chi connectivity index (χ2n) is 8.06. The van der Waals surface area contributed by atoms with Crippen molar-refractivity contribution in [3.05, 3.63) is 82.5 Å². The van der Waals surface area contributed by atoms with Crippen molar-refractivity contribution >= 4 is 17.5 Å².